The van der Waals surface area contributed by atoms with Gasteiger partial charge >= 0.3 is 0 Å². The number of benzene rings is 4. The number of rotatable bonds is 17. The molecule has 1 atom stereocenters. The van der Waals surface area contributed by atoms with Crippen molar-refractivity contribution in [1.82, 2.24) is 14.9 Å². The Labute approximate surface area is 282 Å². The molecule has 0 fully saturated rings. The molecule has 0 saturated heterocycles. The van der Waals surface area contributed by atoms with Gasteiger partial charge in [-0.1, -0.05) is 67.6 Å². The zero-order valence-electron chi connectivity index (χ0n) is 27.4. The summed E-state index contributed by atoms with van der Waals surface area (Å²) in [6.07, 6.45) is 1.20. The highest BCUT2D eigenvalue weighted by atomic mass is 32.2. The number of sulfonamides is 1. The first-order valence-corrected chi connectivity index (χ1v) is 17.3. The maximum Gasteiger partial charge on any atom is 0.243 e. The molecule has 0 aliphatic carbocycles. The standard InChI is InChI=1S/C37H42FN3O6S/c1-4-40-48(44,45)32-18-12-27(13-19-32)15-21-36(42)41(26-30-10-16-31(38)17-11-30)33(24-28-8-6-5-7-9-28)37(43)39-23-22-29-14-20-34(46-2)35(25-29)47-3/h5-14,16-20,25,33,40H,4,15,21-24,26H2,1-3H3,(H,39,43)/t33-/m0/s1. The number of nitrogens with one attached hydrogen (secondary N) is 2. The number of methoxy groups -OCH3 is 2. The fraction of sp³-hybridized carbons (Fsp3) is 0.297. The average Bonchev–Trinajstić information content (AvgIpc) is 3.10. The van der Waals surface area contributed by atoms with Crippen LogP contribution in [0.15, 0.2) is 102 Å². The Kier molecular flexibility index (Phi) is 13.1. The zero-order valence-corrected chi connectivity index (χ0v) is 28.3. The van der Waals surface area contributed by atoms with Gasteiger partial charge in [-0.15, -0.1) is 0 Å². The molecule has 2 amide bonds. The number of hydrogen-bond donors (Lipinski definition) is 2. The quantitative estimate of drug-likeness (QED) is 0.162. The van der Waals surface area contributed by atoms with Crippen LogP contribution < -0.4 is 19.5 Å². The second-order valence-electron chi connectivity index (χ2n) is 11.2. The zero-order chi connectivity index (χ0) is 34.5. The number of carbonyl (C=O) groups is 2. The molecule has 4 aromatic carbocycles. The molecule has 4 aromatic rings. The normalized spacial score (nSPS) is 11.8. The summed E-state index contributed by atoms with van der Waals surface area (Å²) in [6, 6.07) is 26.5. The van der Waals surface area contributed by atoms with Gasteiger partial charge in [-0.25, -0.2) is 17.5 Å². The topological polar surface area (TPSA) is 114 Å². The molecule has 48 heavy (non-hydrogen) atoms. The van der Waals surface area contributed by atoms with Gasteiger partial charge in [-0.2, -0.15) is 0 Å². The molecular formula is C37H42FN3O6S. The number of amides is 2. The monoisotopic (exact) mass is 675 g/mol. The summed E-state index contributed by atoms with van der Waals surface area (Å²) in [6.45, 7) is 2.40. The van der Waals surface area contributed by atoms with Crippen LogP contribution in [0.4, 0.5) is 4.39 Å². The van der Waals surface area contributed by atoms with Gasteiger partial charge in [0.25, 0.3) is 0 Å². The van der Waals surface area contributed by atoms with Crippen molar-refractivity contribution in [2.24, 2.45) is 0 Å². The highest BCUT2D eigenvalue weighted by Gasteiger charge is 2.30. The first-order chi connectivity index (χ1) is 23.1. The Bertz CT molecular complexity index is 1750. The molecule has 9 nitrogen and oxygen atoms in total. The van der Waals surface area contributed by atoms with E-state index in [0.717, 1.165) is 16.7 Å². The van der Waals surface area contributed by atoms with Crippen molar-refractivity contribution in [3.05, 3.63) is 125 Å². The lowest BCUT2D eigenvalue weighted by Gasteiger charge is -2.32. The van der Waals surface area contributed by atoms with E-state index in [0.29, 0.717) is 36.4 Å². The number of aryl methyl sites for hydroxylation is 1. The molecule has 0 heterocycles. The molecule has 0 bridgehead atoms. The van der Waals surface area contributed by atoms with Gasteiger partial charge in [0.1, 0.15) is 11.9 Å². The van der Waals surface area contributed by atoms with Crippen molar-refractivity contribution in [1.29, 1.82) is 0 Å². The van der Waals surface area contributed by atoms with Crippen LogP contribution in [-0.2, 0) is 45.4 Å². The minimum Gasteiger partial charge on any atom is -0.493 e. The van der Waals surface area contributed by atoms with Crippen molar-refractivity contribution >= 4 is 21.8 Å². The van der Waals surface area contributed by atoms with Gasteiger partial charge < -0.3 is 19.7 Å². The molecular weight excluding hydrogens is 633 g/mol. The fourth-order valence-corrected chi connectivity index (χ4v) is 6.37. The van der Waals surface area contributed by atoms with Crippen LogP contribution in [0, 0.1) is 5.82 Å². The number of halogens is 1. The van der Waals surface area contributed by atoms with Gasteiger partial charge in [-0.3, -0.25) is 9.59 Å². The Morgan fingerprint density at radius 2 is 1.44 bits per heavy atom. The summed E-state index contributed by atoms with van der Waals surface area (Å²) >= 11 is 0. The number of ether oxygens (including phenoxy) is 2. The van der Waals surface area contributed by atoms with E-state index in [1.807, 2.05) is 48.5 Å². The van der Waals surface area contributed by atoms with Crippen molar-refractivity contribution in [2.75, 3.05) is 27.3 Å². The van der Waals surface area contributed by atoms with E-state index in [9.17, 15) is 22.4 Å². The van der Waals surface area contributed by atoms with E-state index >= 15 is 0 Å². The molecule has 0 aliphatic heterocycles. The fourth-order valence-electron chi connectivity index (χ4n) is 5.33. The second kappa shape index (κ2) is 17.4. The van der Waals surface area contributed by atoms with E-state index < -0.39 is 21.9 Å². The molecule has 2 N–H and O–H groups in total. The third-order valence-electron chi connectivity index (χ3n) is 7.89. The average molecular weight is 676 g/mol. The summed E-state index contributed by atoms with van der Waals surface area (Å²) in [7, 11) is -0.469. The van der Waals surface area contributed by atoms with Crippen molar-refractivity contribution in [2.45, 2.75) is 50.1 Å². The van der Waals surface area contributed by atoms with Gasteiger partial charge in [-0.05, 0) is 71.5 Å². The molecule has 0 aliphatic rings. The maximum absolute atomic E-state index is 14.0. The Morgan fingerprint density at radius 1 is 0.792 bits per heavy atom. The van der Waals surface area contributed by atoms with Gasteiger partial charge in [0, 0.05) is 32.5 Å². The van der Waals surface area contributed by atoms with Gasteiger partial charge in [0.2, 0.25) is 21.8 Å². The van der Waals surface area contributed by atoms with Gasteiger partial charge in [0.05, 0.1) is 19.1 Å². The van der Waals surface area contributed by atoms with Crippen LogP contribution in [0.5, 0.6) is 11.5 Å². The summed E-state index contributed by atoms with van der Waals surface area (Å²) in [4.78, 5) is 29.6. The highest BCUT2D eigenvalue weighted by molar-refractivity contribution is 7.89. The Balaban J connectivity index is 1.56. The number of nitrogens with zero attached hydrogens (tertiary/aromatic N) is 1. The highest BCUT2D eigenvalue weighted by Crippen LogP contribution is 2.27. The molecule has 254 valence electrons. The molecule has 11 heteroatoms. The lowest BCUT2D eigenvalue weighted by atomic mass is 10.0. The summed E-state index contributed by atoms with van der Waals surface area (Å²) < 4.78 is 51.7. The molecule has 0 radical (unpaired) electrons. The summed E-state index contributed by atoms with van der Waals surface area (Å²) in [5, 5.41) is 3.02. The molecule has 4 rings (SSSR count). The predicted molar refractivity (Wildman–Crippen MR) is 183 cm³/mol. The van der Waals surface area contributed by atoms with Crippen LogP contribution in [-0.4, -0.2) is 58.5 Å². The van der Waals surface area contributed by atoms with E-state index in [1.54, 1.807) is 50.3 Å². The van der Waals surface area contributed by atoms with E-state index in [4.69, 9.17) is 9.47 Å². The van der Waals surface area contributed by atoms with E-state index in [1.165, 1.54) is 24.3 Å². The Morgan fingerprint density at radius 3 is 2.08 bits per heavy atom. The first kappa shape index (κ1) is 36.1. The van der Waals surface area contributed by atoms with Crippen LogP contribution >= 0.6 is 0 Å². The minimum atomic E-state index is -3.60. The van der Waals surface area contributed by atoms with Crippen LogP contribution in [0.25, 0.3) is 0 Å². The largest absolute Gasteiger partial charge is 0.493 e. The minimum absolute atomic E-state index is 0.0741. The summed E-state index contributed by atoms with van der Waals surface area (Å²) in [5.41, 5.74) is 3.28. The third-order valence-corrected chi connectivity index (χ3v) is 9.46. The number of hydrogen-bond acceptors (Lipinski definition) is 6. The third kappa shape index (κ3) is 10.1. The SMILES string of the molecule is CCNS(=O)(=O)c1ccc(CCC(=O)N(Cc2ccc(F)cc2)[C@@H](Cc2ccccc2)C(=O)NCCc2ccc(OC)c(OC)c2)cc1. The van der Waals surface area contributed by atoms with Crippen molar-refractivity contribution < 1.29 is 31.9 Å². The lowest BCUT2D eigenvalue weighted by Crippen LogP contribution is -2.50. The lowest BCUT2D eigenvalue weighted by molar-refractivity contribution is -0.141. The van der Waals surface area contributed by atoms with Crippen LogP contribution in [0.1, 0.15) is 35.6 Å². The molecule has 0 spiro atoms. The van der Waals surface area contributed by atoms with Crippen molar-refractivity contribution in [3.8, 4) is 11.5 Å². The maximum atomic E-state index is 14.0. The second-order valence-corrected chi connectivity index (χ2v) is 13.0. The number of carbonyl (C=O) groups excluding carboxylic acids is 2. The van der Waals surface area contributed by atoms with Gasteiger partial charge in [0.15, 0.2) is 11.5 Å². The smallest absolute Gasteiger partial charge is 0.243 e. The van der Waals surface area contributed by atoms with Crippen LogP contribution in [0.3, 0.4) is 0 Å². The molecule has 0 aromatic heterocycles. The van der Waals surface area contributed by atoms with Crippen LogP contribution in [0.2, 0.25) is 0 Å². The summed E-state index contributed by atoms with van der Waals surface area (Å²) in [5.74, 6) is 0.225. The van der Waals surface area contributed by atoms with E-state index in [-0.39, 0.29) is 42.6 Å². The molecule has 0 unspecified atom stereocenters. The molecule has 0 saturated carbocycles. The van der Waals surface area contributed by atoms with Crippen molar-refractivity contribution in [3.63, 3.8) is 0 Å². The first-order valence-electron chi connectivity index (χ1n) is 15.8. The predicted octanol–water partition coefficient (Wildman–Crippen LogP) is 5.07. The van der Waals surface area contributed by atoms with E-state index in [2.05, 4.69) is 10.0 Å². The Hall–Kier alpha value is -4.74.